The molecule has 0 aromatic heterocycles. The fourth-order valence-electron chi connectivity index (χ4n) is 2.56. The summed E-state index contributed by atoms with van der Waals surface area (Å²) in [6.07, 6.45) is 0. The van der Waals surface area contributed by atoms with Crippen molar-refractivity contribution >= 4 is 9.04 Å². The van der Waals surface area contributed by atoms with Gasteiger partial charge in [0.2, 0.25) is 0 Å². The molecule has 1 rings (SSSR count). The van der Waals surface area contributed by atoms with Gasteiger partial charge in [-0.2, -0.15) is 0 Å². The van der Waals surface area contributed by atoms with Crippen molar-refractivity contribution in [1.82, 2.24) is 0 Å². The maximum atomic E-state index is 10.3. The van der Waals surface area contributed by atoms with Gasteiger partial charge in [-0.25, -0.2) is 0 Å². The second-order valence-electron chi connectivity index (χ2n) is 6.19. The van der Waals surface area contributed by atoms with E-state index in [9.17, 15) is 5.11 Å². The van der Waals surface area contributed by atoms with E-state index in [0.717, 1.165) is 11.1 Å². The van der Waals surface area contributed by atoms with Crippen molar-refractivity contribution in [2.45, 2.75) is 60.1 Å². The van der Waals surface area contributed by atoms with Crippen LogP contribution < -0.4 is 4.43 Å². The van der Waals surface area contributed by atoms with Crippen LogP contribution >= 0.6 is 0 Å². The summed E-state index contributed by atoms with van der Waals surface area (Å²) in [5.74, 6) is 0.992. The molecule has 101 valence electrons. The van der Waals surface area contributed by atoms with Gasteiger partial charge >= 0.3 is 0 Å². The molecule has 2 nitrogen and oxygen atoms in total. The van der Waals surface area contributed by atoms with Crippen LogP contribution in [0.3, 0.4) is 0 Å². The summed E-state index contributed by atoms with van der Waals surface area (Å²) < 4.78 is 5.90. The van der Waals surface area contributed by atoms with Gasteiger partial charge in [0.1, 0.15) is 5.75 Å². The molecule has 0 saturated carbocycles. The molecular weight excluding hydrogens is 240 g/mol. The Bertz CT molecular complexity index is 457. The lowest BCUT2D eigenvalue weighted by Crippen LogP contribution is -2.19. The van der Waals surface area contributed by atoms with Gasteiger partial charge in [-0.05, 0) is 61.5 Å². The fraction of sp³-hybridized carbons (Fsp3) is 0.600. The van der Waals surface area contributed by atoms with Crippen molar-refractivity contribution in [2.24, 2.45) is 0 Å². The molecule has 0 aliphatic heterocycles. The molecule has 0 heterocycles. The summed E-state index contributed by atoms with van der Waals surface area (Å²) in [5, 5.41) is 10.3. The lowest BCUT2D eigenvalue weighted by Gasteiger charge is -2.28. The van der Waals surface area contributed by atoms with E-state index in [2.05, 4.69) is 40.8 Å². The first kappa shape index (κ1) is 15.1. The smallest absolute Gasteiger partial charge is 0.274 e. The molecule has 0 aliphatic rings. The first-order valence-electron chi connectivity index (χ1n) is 6.38. The molecule has 0 bridgehead atoms. The molecule has 0 fully saturated rings. The number of aromatic hydroxyl groups is 1. The first-order valence-corrected chi connectivity index (χ1v) is 8.79. The van der Waals surface area contributed by atoms with Crippen LogP contribution in [-0.4, -0.2) is 14.1 Å². The van der Waals surface area contributed by atoms with Gasteiger partial charge in [0.15, 0.2) is 5.75 Å². The maximum absolute atomic E-state index is 10.3. The molecule has 1 aromatic carbocycles. The molecule has 1 aromatic rings. The van der Waals surface area contributed by atoms with Crippen LogP contribution in [0.1, 0.15) is 43.0 Å². The summed E-state index contributed by atoms with van der Waals surface area (Å²) >= 11 is 0. The van der Waals surface area contributed by atoms with Gasteiger partial charge in [-0.15, -0.1) is 0 Å². The maximum Gasteiger partial charge on any atom is 0.274 e. The average Bonchev–Trinajstić information content (AvgIpc) is 2.19. The van der Waals surface area contributed by atoms with Crippen LogP contribution in [0.15, 0.2) is 0 Å². The van der Waals surface area contributed by atoms with E-state index in [0.29, 0.717) is 11.5 Å². The van der Waals surface area contributed by atoms with Crippen molar-refractivity contribution in [3.05, 3.63) is 22.3 Å². The number of phenols is 1. The zero-order chi connectivity index (χ0) is 14.2. The Morgan fingerprint density at radius 1 is 0.944 bits per heavy atom. The zero-order valence-electron chi connectivity index (χ0n) is 12.9. The molecular formula is C15H25O2Si. The van der Waals surface area contributed by atoms with Gasteiger partial charge in [0, 0.05) is 0 Å². The SMILES string of the molecule is Cc1c(C)c(C(C)(C)C)c(C)c(O[Si](C)C)c1O. The Morgan fingerprint density at radius 2 is 1.44 bits per heavy atom. The van der Waals surface area contributed by atoms with E-state index in [1.54, 1.807) is 0 Å². The lowest BCUT2D eigenvalue weighted by molar-refractivity contribution is 0.431. The molecule has 1 N–H and O–H groups in total. The standard InChI is InChI=1S/C15H25O2Si/c1-9-10(2)13(16)14(17-18(7)8)11(3)12(9)15(4,5)6/h16H,1-8H3. The van der Waals surface area contributed by atoms with Crippen molar-refractivity contribution in [2.75, 3.05) is 0 Å². The van der Waals surface area contributed by atoms with Crippen LogP contribution in [-0.2, 0) is 5.41 Å². The molecule has 18 heavy (non-hydrogen) atoms. The van der Waals surface area contributed by atoms with E-state index < -0.39 is 9.04 Å². The third kappa shape index (κ3) is 2.71. The molecule has 0 atom stereocenters. The molecule has 0 aliphatic carbocycles. The minimum atomic E-state index is -0.882. The summed E-state index contributed by atoms with van der Waals surface area (Å²) in [7, 11) is -0.882. The van der Waals surface area contributed by atoms with Crippen molar-refractivity contribution < 1.29 is 9.53 Å². The summed E-state index contributed by atoms with van der Waals surface area (Å²) in [4.78, 5) is 0. The van der Waals surface area contributed by atoms with Crippen LogP contribution in [0.25, 0.3) is 0 Å². The summed E-state index contributed by atoms with van der Waals surface area (Å²) in [6.45, 7) is 16.9. The van der Waals surface area contributed by atoms with Crippen LogP contribution in [0, 0.1) is 20.8 Å². The highest BCUT2D eigenvalue weighted by Crippen LogP contribution is 2.43. The number of benzene rings is 1. The largest absolute Gasteiger partial charge is 0.540 e. The second kappa shape index (κ2) is 4.96. The molecule has 0 saturated heterocycles. The number of hydrogen-bond donors (Lipinski definition) is 1. The van der Waals surface area contributed by atoms with E-state index in [1.807, 2.05) is 13.8 Å². The lowest BCUT2D eigenvalue weighted by atomic mass is 9.79. The summed E-state index contributed by atoms with van der Waals surface area (Å²) in [6, 6.07) is 0. The van der Waals surface area contributed by atoms with Gasteiger partial charge in [-0.1, -0.05) is 20.8 Å². The number of hydrogen-bond acceptors (Lipinski definition) is 2. The zero-order valence-corrected chi connectivity index (χ0v) is 13.9. The Kier molecular flexibility index (Phi) is 4.16. The van der Waals surface area contributed by atoms with Crippen molar-refractivity contribution in [1.29, 1.82) is 0 Å². The third-order valence-electron chi connectivity index (χ3n) is 3.28. The normalized spacial score (nSPS) is 12.1. The van der Waals surface area contributed by atoms with E-state index >= 15 is 0 Å². The first-order chi connectivity index (χ1) is 8.07. The molecule has 0 amide bonds. The predicted molar refractivity (Wildman–Crippen MR) is 79.1 cm³/mol. The Balaban J connectivity index is 3.60. The van der Waals surface area contributed by atoms with E-state index in [4.69, 9.17) is 4.43 Å². The van der Waals surface area contributed by atoms with Gasteiger partial charge < -0.3 is 9.53 Å². The molecule has 0 unspecified atom stereocenters. The molecule has 0 spiro atoms. The Hall–Kier alpha value is -0.963. The fourth-order valence-corrected chi connectivity index (χ4v) is 3.22. The number of rotatable bonds is 2. The van der Waals surface area contributed by atoms with Gasteiger partial charge in [0.05, 0.1) is 0 Å². The van der Waals surface area contributed by atoms with E-state index in [-0.39, 0.29) is 5.41 Å². The van der Waals surface area contributed by atoms with Crippen LogP contribution in [0.4, 0.5) is 0 Å². The highest BCUT2D eigenvalue weighted by molar-refractivity contribution is 6.49. The Labute approximate surface area is 113 Å². The quantitative estimate of drug-likeness (QED) is 0.810. The Morgan fingerprint density at radius 3 is 1.83 bits per heavy atom. The monoisotopic (exact) mass is 265 g/mol. The second-order valence-corrected chi connectivity index (χ2v) is 8.21. The van der Waals surface area contributed by atoms with Crippen molar-refractivity contribution in [3.63, 3.8) is 0 Å². The minimum absolute atomic E-state index is 0.0547. The highest BCUT2D eigenvalue weighted by Gasteiger charge is 2.26. The summed E-state index contributed by atoms with van der Waals surface area (Å²) in [5.41, 5.74) is 4.53. The predicted octanol–water partition coefficient (Wildman–Crippen LogP) is 4.24. The van der Waals surface area contributed by atoms with Crippen LogP contribution in [0.2, 0.25) is 13.1 Å². The third-order valence-corrected chi connectivity index (χ3v) is 3.89. The van der Waals surface area contributed by atoms with Crippen molar-refractivity contribution in [3.8, 4) is 11.5 Å². The van der Waals surface area contributed by atoms with Crippen LogP contribution in [0.5, 0.6) is 11.5 Å². The van der Waals surface area contributed by atoms with Gasteiger partial charge in [0.25, 0.3) is 9.04 Å². The number of phenolic OH excluding ortho intramolecular Hbond substituents is 1. The van der Waals surface area contributed by atoms with Gasteiger partial charge in [-0.3, -0.25) is 0 Å². The average molecular weight is 265 g/mol. The topological polar surface area (TPSA) is 29.5 Å². The minimum Gasteiger partial charge on any atom is -0.540 e. The van der Waals surface area contributed by atoms with E-state index in [1.165, 1.54) is 11.1 Å². The highest BCUT2D eigenvalue weighted by atomic mass is 28.3. The molecule has 1 radical (unpaired) electrons. The molecule has 3 heteroatoms.